The summed E-state index contributed by atoms with van der Waals surface area (Å²) in [4.78, 5) is 15.4. The Morgan fingerprint density at radius 1 is 1.24 bits per heavy atom. The first-order chi connectivity index (χ1) is 8.25. The number of amides is 1. The van der Waals surface area contributed by atoms with Crippen LogP contribution in [-0.4, -0.2) is 10.9 Å². The Kier molecular flexibility index (Phi) is 1.98. The molecule has 2 N–H and O–H groups in total. The van der Waals surface area contributed by atoms with E-state index < -0.39 is 5.91 Å². The number of benzene rings is 1. The van der Waals surface area contributed by atoms with Crippen molar-refractivity contribution in [1.82, 2.24) is 4.98 Å². The number of nitrogens with two attached hydrogens (primary N) is 1. The Morgan fingerprint density at radius 3 is 2.82 bits per heavy atom. The smallest absolute Gasteiger partial charge is 0.263 e. The number of fused-ring (bicyclic) bond motifs is 1. The largest absolute Gasteiger partial charge is 0.459 e. The van der Waals surface area contributed by atoms with Gasteiger partial charge in [0.05, 0.1) is 11.8 Å². The standard InChI is InChI=1S/C12H8N2O3/c13-11(15)7-3-1-4-8-10(7)14-12(17-8)9-5-2-6-16-9/h1-6H,(H2,13,15). The van der Waals surface area contributed by atoms with Gasteiger partial charge in [-0.05, 0) is 24.3 Å². The van der Waals surface area contributed by atoms with Crippen molar-refractivity contribution in [2.45, 2.75) is 0 Å². The minimum absolute atomic E-state index is 0.332. The second-order valence-electron chi connectivity index (χ2n) is 3.51. The van der Waals surface area contributed by atoms with Crippen LogP contribution >= 0.6 is 0 Å². The number of aromatic nitrogens is 1. The quantitative estimate of drug-likeness (QED) is 0.728. The van der Waals surface area contributed by atoms with Gasteiger partial charge in [0.15, 0.2) is 11.3 Å². The number of para-hydroxylation sites is 1. The predicted octanol–water partition coefficient (Wildman–Crippen LogP) is 2.19. The maximum absolute atomic E-state index is 11.2. The molecular weight excluding hydrogens is 220 g/mol. The third-order valence-corrected chi connectivity index (χ3v) is 2.42. The van der Waals surface area contributed by atoms with Gasteiger partial charge in [-0.2, -0.15) is 0 Å². The Balaban J connectivity index is 2.26. The van der Waals surface area contributed by atoms with E-state index in [1.165, 1.54) is 6.26 Å². The summed E-state index contributed by atoms with van der Waals surface area (Å²) < 4.78 is 10.7. The molecule has 0 fully saturated rings. The van der Waals surface area contributed by atoms with Gasteiger partial charge < -0.3 is 14.6 Å². The zero-order valence-electron chi connectivity index (χ0n) is 8.71. The highest BCUT2D eigenvalue weighted by Crippen LogP contribution is 2.26. The molecule has 0 bridgehead atoms. The molecule has 0 aliphatic carbocycles. The van der Waals surface area contributed by atoms with Crippen molar-refractivity contribution in [3.63, 3.8) is 0 Å². The maximum Gasteiger partial charge on any atom is 0.263 e. The fraction of sp³-hybridized carbons (Fsp3) is 0. The third-order valence-electron chi connectivity index (χ3n) is 2.42. The van der Waals surface area contributed by atoms with Crippen LogP contribution in [0.3, 0.4) is 0 Å². The molecule has 84 valence electrons. The normalized spacial score (nSPS) is 10.8. The van der Waals surface area contributed by atoms with Gasteiger partial charge in [0.2, 0.25) is 0 Å². The van der Waals surface area contributed by atoms with Crippen LogP contribution in [0, 0.1) is 0 Å². The van der Waals surface area contributed by atoms with Gasteiger partial charge in [0, 0.05) is 0 Å². The molecule has 0 aliphatic rings. The second-order valence-corrected chi connectivity index (χ2v) is 3.51. The molecule has 5 nitrogen and oxygen atoms in total. The number of hydrogen-bond acceptors (Lipinski definition) is 4. The van der Waals surface area contributed by atoms with Crippen molar-refractivity contribution in [2.75, 3.05) is 0 Å². The van der Waals surface area contributed by atoms with Gasteiger partial charge in [-0.3, -0.25) is 4.79 Å². The molecule has 2 heterocycles. The Bertz CT molecular complexity index is 683. The second kappa shape index (κ2) is 3.48. The molecule has 0 radical (unpaired) electrons. The van der Waals surface area contributed by atoms with Crippen molar-refractivity contribution < 1.29 is 13.6 Å². The van der Waals surface area contributed by atoms with Crippen LogP contribution in [0.15, 0.2) is 45.4 Å². The molecule has 2 aromatic heterocycles. The van der Waals surface area contributed by atoms with Crippen LogP contribution in [0.2, 0.25) is 0 Å². The van der Waals surface area contributed by atoms with Crippen LogP contribution in [0.4, 0.5) is 0 Å². The molecular formula is C12H8N2O3. The van der Waals surface area contributed by atoms with E-state index in [1.54, 1.807) is 30.3 Å². The maximum atomic E-state index is 11.2. The predicted molar refractivity (Wildman–Crippen MR) is 60.2 cm³/mol. The number of rotatable bonds is 2. The molecule has 0 atom stereocenters. The van der Waals surface area contributed by atoms with Gasteiger partial charge >= 0.3 is 0 Å². The minimum Gasteiger partial charge on any atom is -0.459 e. The molecule has 3 aromatic rings. The van der Waals surface area contributed by atoms with Crippen molar-refractivity contribution in [1.29, 1.82) is 0 Å². The van der Waals surface area contributed by atoms with E-state index in [-0.39, 0.29) is 0 Å². The van der Waals surface area contributed by atoms with Gasteiger partial charge in [-0.15, -0.1) is 0 Å². The lowest BCUT2D eigenvalue weighted by molar-refractivity contribution is 0.100. The fourth-order valence-electron chi connectivity index (χ4n) is 1.65. The molecule has 3 rings (SSSR count). The first kappa shape index (κ1) is 9.65. The van der Waals surface area contributed by atoms with Crippen LogP contribution in [0.25, 0.3) is 22.8 Å². The van der Waals surface area contributed by atoms with Crippen molar-refractivity contribution in [3.8, 4) is 11.7 Å². The summed E-state index contributed by atoms with van der Waals surface area (Å²) >= 11 is 0. The van der Waals surface area contributed by atoms with Crippen LogP contribution in [-0.2, 0) is 0 Å². The monoisotopic (exact) mass is 228 g/mol. The summed E-state index contributed by atoms with van der Waals surface area (Å²) in [6.45, 7) is 0. The minimum atomic E-state index is -0.533. The van der Waals surface area contributed by atoms with E-state index in [0.717, 1.165) is 0 Å². The topological polar surface area (TPSA) is 82.3 Å². The molecule has 0 spiro atoms. The average molecular weight is 228 g/mol. The van der Waals surface area contributed by atoms with E-state index >= 15 is 0 Å². The van der Waals surface area contributed by atoms with E-state index in [4.69, 9.17) is 14.6 Å². The van der Waals surface area contributed by atoms with Gasteiger partial charge in [0.1, 0.15) is 5.52 Å². The van der Waals surface area contributed by atoms with E-state index in [2.05, 4.69) is 4.98 Å². The summed E-state index contributed by atoms with van der Waals surface area (Å²) in [6, 6.07) is 8.49. The summed E-state index contributed by atoms with van der Waals surface area (Å²) in [6.07, 6.45) is 1.53. The molecule has 0 saturated heterocycles. The summed E-state index contributed by atoms with van der Waals surface area (Å²) in [5.74, 6) is 0.310. The lowest BCUT2D eigenvalue weighted by atomic mass is 10.2. The number of furan rings is 1. The Morgan fingerprint density at radius 2 is 2.12 bits per heavy atom. The summed E-state index contributed by atoms with van der Waals surface area (Å²) in [5.41, 5.74) is 6.56. The van der Waals surface area contributed by atoms with Crippen LogP contribution < -0.4 is 5.73 Å². The van der Waals surface area contributed by atoms with Crippen molar-refractivity contribution in [3.05, 3.63) is 42.2 Å². The average Bonchev–Trinajstić information content (AvgIpc) is 2.96. The Labute approximate surface area is 95.8 Å². The number of hydrogen-bond donors (Lipinski definition) is 1. The van der Waals surface area contributed by atoms with E-state index in [1.807, 2.05) is 0 Å². The summed E-state index contributed by atoms with van der Waals surface area (Å²) in [7, 11) is 0. The van der Waals surface area contributed by atoms with Crippen LogP contribution in [0.1, 0.15) is 10.4 Å². The third kappa shape index (κ3) is 1.48. The molecule has 1 aromatic carbocycles. The zero-order valence-corrected chi connectivity index (χ0v) is 8.71. The van der Waals surface area contributed by atoms with Crippen LogP contribution in [0.5, 0.6) is 0 Å². The number of oxazole rings is 1. The highest BCUT2D eigenvalue weighted by molar-refractivity contribution is 6.03. The van der Waals surface area contributed by atoms with Crippen molar-refractivity contribution >= 4 is 17.0 Å². The number of nitrogens with zero attached hydrogens (tertiary/aromatic N) is 1. The Hall–Kier alpha value is -2.56. The molecule has 0 unspecified atom stereocenters. The molecule has 17 heavy (non-hydrogen) atoms. The zero-order chi connectivity index (χ0) is 11.8. The van der Waals surface area contributed by atoms with Crippen molar-refractivity contribution in [2.24, 2.45) is 5.73 Å². The molecule has 0 saturated carbocycles. The molecule has 5 heteroatoms. The highest BCUT2D eigenvalue weighted by atomic mass is 16.4. The SMILES string of the molecule is NC(=O)c1cccc2oc(-c3ccco3)nc12. The number of carbonyl (C=O) groups is 1. The van der Waals surface area contributed by atoms with E-state index in [9.17, 15) is 4.79 Å². The van der Waals surface area contributed by atoms with Gasteiger partial charge in [0.25, 0.3) is 11.8 Å². The van der Waals surface area contributed by atoms with Gasteiger partial charge in [-0.25, -0.2) is 4.98 Å². The first-order valence-electron chi connectivity index (χ1n) is 4.99. The number of primary amides is 1. The lowest BCUT2D eigenvalue weighted by Gasteiger charge is -1.93. The highest BCUT2D eigenvalue weighted by Gasteiger charge is 2.15. The van der Waals surface area contributed by atoms with Gasteiger partial charge in [-0.1, -0.05) is 6.07 Å². The number of carbonyl (C=O) groups excluding carboxylic acids is 1. The summed E-state index contributed by atoms with van der Waals surface area (Å²) in [5, 5.41) is 0. The molecule has 0 aliphatic heterocycles. The molecule has 1 amide bonds. The first-order valence-corrected chi connectivity index (χ1v) is 4.99. The fourth-order valence-corrected chi connectivity index (χ4v) is 1.65. The lowest BCUT2D eigenvalue weighted by Crippen LogP contribution is -2.11. The van der Waals surface area contributed by atoms with E-state index in [0.29, 0.717) is 28.3 Å².